The van der Waals surface area contributed by atoms with E-state index in [1.54, 1.807) is 0 Å². The monoisotopic (exact) mass is 248 g/mol. The molecule has 1 atom stereocenters. The molecule has 1 rings (SSSR count). The second kappa shape index (κ2) is 7.55. The lowest BCUT2D eigenvalue weighted by Gasteiger charge is -2.31. The smallest absolute Gasteiger partial charge is 0.0472 e. The van der Waals surface area contributed by atoms with E-state index in [2.05, 4.69) is 50.8 Å². The first kappa shape index (κ1) is 15.2. The zero-order chi connectivity index (χ0) is 13.5. The van der Waals surface area contributed by atoms with Gasteiger partial charge in [-0.25, -0.2) is 0 Å². The summed E-state index contributed by atoms with van der Waals surface area (Å²) in [5.41, 5.74) is 10.1. The zero-order valence-corrected chi connectivity index (χ0v) is 12.4. The molecule has 18 heavy (non-hydrogen) atoms. The highest BCUT2D eigenvalue weighted by Crippen LogP contribution is 2.24. The molecule has 0 aliphatic heterocycles. The molecule has 0 aliphatic carbocycles. The van der Waals surface area contributed by atoms with Gasteiger partial charge in [-0.3, -0.25) is 4.90 Å². The fourth-order valence-electron chi connectivity index (χ4n) is 2.57. The van der Waals surface area contributed by atoms with Crippen LogP contribution in [0.1, 0.15) is 49.4 Å². The minimum absolute atomic E-state index is 0.363. The summed E-state index contributed by atoms with van der Waals surface area (Å²) in [4.78, 5) is 2.50. The van der Waals surface area contributed by atoms with E-state index in [4.69, 9.17) is 5.73 Å². The molecule has 1 aromatic carbocycles. The minimum atomic E-state index is 0.363. The third-order valence-corrected chi connectivity index (χ3v) is 3.65. The van der Waals surface area contributed by atoms with Crippen LogP contribution in [0.3, 0.4) is 0 Å². The van der Waals surface area contributed by atoms with Crippen molar-refractivity contribution in [2.75, 3.05) is 19.6 Å². The molecule has 0 aliphatic rings. The molecule has 0 fully saturated rings. The van der Waals surface area contributed by atoms with Crippen LogP contribution in [0.15, 0.2) is 18.2 Å². The highest BCUT2D eigenvalue weighted by molar-refractivity contribution is 5.33. The van der Waals surface area contributed by atoms with Gasteiger partial charge in [-0.15, -0.1) is 0 Å². The summed E-state index contributed by atoms with van der Waals surface area (Å²) in [6.45, 7) is 11.7. The maximum absolute atomic E-state index is 6.02. The zero-order valence-electron chi connectivity index (χ0n) is 12.4. The number of likely N-dealkylation sites (N-methyl/N-ethyl adjacent to an activating group) is 1. The topological polar surface area (TPSA) is 29.3 Å². The Morgan fingerprint density at radius 2 is 1.94 bits per heavy atom. The van der Waals surface area contributed by atoms with E-state index in [9.17, 15) is 0 Å². The maximum atomic E-state index is 6.02. The first-order chi connectivity index (χ1) is 8.63. The third-order valence-electron chi connectivity index (χ3n) is 3.65. The average Bonchev–Trinajstić information content (AvgIpc) is 2.36. The molecule has 102 valence electrons. The second-order valence-electron chi connectivity index (χ2n) is 5.09. The van der Waals surface area contributed by atoms with Crippen LogP contribution >= 0.6 is 0 Å². The van der Waals surface area contributed by atoms with Crippen molar-refractivity contribution in [2.24, 2.45) is 5.73 Å². The molecule has 2 N–H and O–H groups in total. The molecule has 1 aromatic rings. The van der Waals surface area contributed by atoms with E-state index in [-0.39, 0.29) is 0 Å². The number of hydrogen-bond acceptors (Lipinski definition) is 2. The predicted molar refractivity (Wildman–Crippen MR) is 79.9 cm³/mol. The third kappa shape index (κ3) is 3.82. The fourth-order valence-corrected chi connectivity index (χ4v) is 2.57. The SMILES string of the molecule is CCCCN(CC)C(CN)c1ccc(C)cc1C. The van der Waals surface area contributed by atoms with E-state index in [1.807, 2.05) is 0 Å². The van der Waals surface area contributed by atoms with Gasteiger partial charge in [0.05, 0.1) is 0 Å². The Kier molecular flexibility index (Phi) is 6.37. The van der Waals surface area contributed by atoms with E-state index >= 15 is 0 Å². The van der Waals surface area contributed by atoms with Crippen LogP contribution < -0.4 is 5.73 Å². The molecule has 0 bridgehead atoms. The van der Waals surface area contributed by atoms with Gasteiger partial charge < -0.3 is 5.73 Å². The molecular weight excluding hydrogens is 220 g/mol. The van der Waals surface area contributed by atoms with Gasteiger partial charge in [0.1, 0.15) is 0 Å². The standard InChI is InChI=1S/C16H28N2/c1-5-7-10-18(6-2)16(12-17)15-9-8-13(3)11-14(15)4/h8-9,11,16H,5-7,10,12,17H2,1-4H3. The van der Waals surface area contributed by atoms with Gasteiger partial charge in [-0.2, -0.15) is 0 Å². The summed E-state index contributed by atoms with van der Waals surface area (Å²) in [6.07, 6.45) is 2.48. The highest BCUT2D eigenvalue weighted by Gasteiger charge is 2.18. The molecule has 2 heteroatoms. The van der Waals surface area contributed by atoms with E-state index in [0.29, 0.717) is 12.6 Å². The summed E-state index contributed by atoms with van der Waals surface area (Å²) < 4.78 is 0. The van der Waals surface area contributed by atoms with Gasteiger partial charge in [-0.1, -0.05) is 44.0 Å². The van der Waals surface area contributed by atoms with Crippen molar-refractivity contribution < 1.29 is 0 Å². The van der Waals surface area contributed by atoms with Crippen molar-refractivity contribution in [3.8, 4) is 0 Å². The van der Waals surface area contributed by atoms with Crippen molar-refractivity contribution >= 4 is 0 Å². The predicted octanol–water partition coefficient (Wildman–Crippen LogP) is 3.43. The molecule has 0 saturated carbocycles. The van der Waals surface area contributed by atoms with Gasteiger partial charge in [0.2, 0.25) is 0 Å². The average molecular weight is 248 g/mol. The first-order valence-corrected chi connectivity index (χ1v) is 7.15. The quantitative estimate of drug-likeness (QED) is 0.801. The van der Waals surface area contributed by atoms with Crippen molar-refractivity contribution in [2.45, 2.75) is 46.6 Å². The summed E-state index contributed by atoms with van der Waals surface area (Å²) in [5, 5.41) is 0. The van der Waals surface area contributed by atoms with E-state index < -0.39 is 0 Å². The van der Waals surface area contributed by atoms with Crippen LogP contribution in [0.2, 0.25) is 0 Å². The number of aryl methyl sites for hydroxylation is 2. The lowest BCUT2D eigenvalue weighted by molar-refractivity contribution is 0.208. The molecule has 0 aromatic heterocycles. The van der Waals surface area contributed by atoms with Crippen LogP contribution in [-0.2, 0) is 0 Å². The molecule has 0 heterocycles. The van der Waals surface area contributed by atoms with Crippen LogP contribution in [0.4, 0.5) is 0 Å². The Hall–Kier alpha value is -0.860. The fraction of sp³-hybridized carbons (Fsp3) is 0.625. The Balaban J connectivity index is 2.92. The van der Waals surface area contributed by atoms with Crippen molar-refractivity contribution in [3.63, 3.8) is 0 Å². The number of unbranched alkanes of at least 4 members (excludes halogenated alkanes) is 1. The minimum Gasteiger partial charge on any atom is -0.329 e. The number of benzene rings is 1. The molecule has 0 saturated heterocycles. The Bertz CT molecular complexity index is 360. The summed E-state index contributed by atoms with van der Waals surface area (Å²) >= 11 is 0. The number of rotatable bonds is 7. The van der Waals surface area contributed by atoms with Crippen LogP contribution in [0.25, 0.3) is 0 Å². The molecule has 0 spiro atoms. The molecule has 0 radical (unpaired) electrons. The number of hydrogen-bond donors (Lipinski definition) is 1. The lowest BCUT2D eigenvalue weighted by Crippen LogP contribution is -2.34. The van der Waals surface area contributed by atoms with Crippen molar-refractivity contribution in [1.82, 2.24) is 4.90 Å². The van der Waals surface area contributed by atoms with Crippen LogP contribution in [-0.4, -0.2) is 24.5 Å². The molecule has 1 unspecified atom stereocenters. The van der Waals surface area contributed by atoms with Gasteiger partial charge in [0, 0.05) is 12.6 Å². The highest BCUT2D eigenvalue weighted by atomic mass is 15.2. The first-order valence-electron chi connectivity index (χ1n) is 7.15. The molecule has 2 nitrogen and oxygen atoms in total. The van der Waals surface area contributed by atoms with Crippen molar-refractivity contribution in [1.29, 1.82) is 0 Å². The Labute approximate surface area is 112 Å². The Morgan fingerprint density at radius 1 is 1.22 bits per heavy atom. The summed E-state index contributed by atoms with van der Waals surface area (Å²) in [6, 6.07) is 7.06. The maximum Gasteiger partial charge on any atom is 0.0472 e. The van der Waals surface area contributed by atoms with Crippen molar-refractivity contribution in [3.05, 3.63) is 34.9 Å². The van der Waals surface area contributed by atoms with Crippen LogP contribution in [0.5, 0.6) is 0 Å². The van der Waals surface area contributed by atoms with E-state index in [1.165, 1.54) is 29.5 Å². The Morgan fingerprint density at radius 3 is 2.44 bits per heavy atom. The van der Waals surface area contributed by atoms with Gasteiger partial charge in [0.15, 0.2) is 0 Å². The number of nitrogens with zero attached hydrogens (tertiary/aromatic N) is 1. The second-order valence-corrected chi connectivity index (χ2v) is 5.09. The summed E-state index contributed by atoms with van der Waals surface area (Å²) in [5.74, 6) is 0. The van der Waals surface area contributed by atoms with E-state index in [0.717, 1.165) is 13.1 Å². The lowest BCUT2D eigenvalue weighted by atomic mass is 9.97. The van der Waals surface area contributed by atoms with Gasteiger partial charge in [0.25, 0.3) is 0 Å². The van der Waals surface area contributed by atoms with Gasteiger partial charge >= 0.3 is 0 Å². The summed E-state index contributed by atoms with van der Waals surface area (Å²) in [7, 11) is 0. The van der Waals surface area contributed by atoms with Crippen LogP contribution in [0, 0.1) is 13.8 Å². The normalized spacial score (nSPS) is 13.0. The van der Waals surface area contributed by atoms with Gasteiger partial charge in [-0.05, 0) is 44.5 Å². The molecular formula is C16H28N2. The largest absolute Gasteiger partial charge is 0.329 e. The molecule has 0 amide bonds. The number of nitrogens with two attached hydrogens (primary N) is 1.